The van der Waals surface area contributed by atoms with Crippen LogP contribution in [-0.2, 0) is 11.2 Å². The highest BCUT2D eigenvalue weighted by Gasteiger charge is 2.26. The zero-order valence-corrected chi connectivity index (χ0v) is 18.1. The Kier molecular flexibility index (Phi) is 7.57. The second kappa shape index (κ2) is 10.3. The number of hydrogen-bond acceptors (Lipinski definition) is 4. The normalized spacial score (nSPS) is 13.4. The van der Waals surface area contributed by atoms with Gasteiger partial charge in [0, 0.05) is 24.5 Å². The Balaban J connectivity index is 1.67. The Morgan fingerprint density at radius 2 is 1.87 bits per heavy atom. The molecule has 0 radical (unpaired) electrons. The van der Waals surface area contributed by atoms with Crippen LogP contribution in [0.1, 0.15) is 42.6 Å². The lowest BCUT2D eigenvalue weighted by molar-refractivity contribution is -0.117. The van der Waals surface area contributed by atoms with Crippen molar-refractivity contribution in [3.05, 3.63) is 52.5 Å². The molecule has 0 unspecified atom stereocenters. The Morgan fingerprint density at radius 1 is 1.10 bits per heavy atom. The van der Waals surface area contributed by atoms with Crippen molar-refractivity contribution in [3.63, 3.8) is 0 Å². The average Bonchev–Trinajstić information content (AvgIpc) is 3.15. The molecule has 1 aliphatic heterocycles. The van der Waals surface area contributed by atoms with E-state index in [4.69, 9.17) is 21.1 Å². The first-order valence-corrected chi connectivity index (χ1v) is 10.7. The summed E-state index contributed by atoms with van der Waals surface area (Å²) in [7, 11) is 0. The smallest absolute Gasteiger partial charge is 0.253 e. The molecule has 3 rings (SSSR count). The summed E-state index contributed by atoms with van der Waals surface area (Å²) in [6.45, 7) is 6.03. The van der Waals surface area contributed by atoms with Gasteiger partial charge in [-0.1, -0.05) is 17.7 Å². The molecule has 2 aromatic rings. The summed E-state index contributed by atoms with van der Waals surface area (Å²) < 4.78 is 11.2. The molecule has 160 valence electrons. The van der Waals surface area contributed by atoms with Crippen LogP contribution in [0.5, 0.6) is 11.5 Å². The second-order valence-corrected chi connectivity index (χ2v) is 7.40. The van der Waals surface area contributed by atoms with E-state index in [0.717, 1.165) is 12.0 Å². The van der Waals surface area contributed by atoms with Gasteiger partial charge >= 0.3 is 0 Å². The number of carbonyl (C=O) groups excluding carboxylic acids is 2. The third-order valence-electron chi connectivity index (χ3n) is 4.88. The Labute approximate surface area is 182 Å². The second-order valence-electron chi connectivity index (χ2n) is 6.96. The molecule has 0 spiro atoms. The molecule has 0 saturated carbocycles. The maximum atomic E-state index is 12.8. The Hall–Kier alpha value is -2.73. The van der Waals surface area contributed by atoms with E-state index < -0.39 is 0 Å². The fourth-order valence-electron chi connectivity index (χ4n) is 3.49. The fraction of sp³-hybridized carbons (Fsp3) is 0.391. The SMILES string of the molecule is CCOc1ccc(CCNC(=O)c2ccc(Cl)cc2N2CCCC2=O)cc1OCC. The van der Waals surface area contributed by atoms with Crippen LogP contribution in [-0.4, -0.2) is 38.1 Å². The number of carbonyl (C=O) groups is 2. The summed E-state index contributed by atoms with van der Waals surface area (Å²) in [5.41, 5.74) is 2.06. The third kappa shape index (κ3) is 5.25. The molecular formula is C23H27ClN2O4. The first-order valence-electron chi connectivity index (χ1n) is 10.3. The predicted octanol–water partition coefficient (Wildman–Crippen LogP) is 4.24. The molecule has 7 heteroatoms. The van der Waals surface area contributed by atoms with E-state index in [2.05, 4.69) is 5.32 Å². The number of nitrogens with zero attached hydrogens (tertiary/aromatic N) is 1. The number of rotatable bonds is 9. The van der Waals surface area contributed by atoms with Crippen molar-refractivity contribution in [2.75, 3.05) is 31.2 Å². The summed E-state index contributed by atoms with van der Waals surface area (Å²) in [4.78, 5) is 26.6. The topological polar surface area (TPSA) is 67.9 Å². The molecule has 6 nitrogen and oxygen atoms in total. The highest BCUT2D eigenvalue weighted by Crippen LogP contribution is 2.30. The van der Waals surface area contributed by atoms with Crippen molar-refractivity contribution in [2.24, 2.45) is 0 Å². The lowest BCUT2D eigenvalue weighted by Gasteiger charge is -2.20. The van der Waals surface area contributed by atoms with Crippen LogP contribution in [0, 0.1) is 0 Å². The Morgan fingerprint density at radius 3 is 2.57 bits per heavy atom. The monoisotopic (exact) mass is 430 g/mol. The lowest BCUT2D eigenvalue weighted by atomic mass is 10.1. The minimum absolute atomic E-state index is 0.0177. The van der Waals surface area contributed by atoms with Crippen LogP contribution in [0.4, 0.5) is 5.69 Å². The van der Waals surface area contributed by atoms with Crippen molar-refractivity contribution >= 4 is 29.1 Å². The summed E-state index contributed by atoms with van der Waals surface area (Å²) in [6, 6.07) is 10.8. The molecule has 0 bridgehead atoms. The maximum absolute atomic E-state index is 12.8. The van der Waals surface area contributed by atoms with E-state index in [9.17, 15) is 9.59 Å². The van der Waals surface area contributed by atoms with Crippen LogP contribution in [0.3, 0.4) is 0 Å². The average molecular weight is 431 g/mol. The zero-order chi connectivity index (χ0) is 21.5. The summed E-state index contributed by atoms with van der Waals surface area (Å²) in [5, 5.41) is 3.44. The van der Waals surface area contributed by atoms with Gasteiger partial charge in [0.1, 0.15) is 0 Å². The maximum Gasteiger partial charge on any atom is 0.253 e. The van der Waals surface area contributed by atoms with Crippen LogP contribution >= 0.6 is 11.6 Å². The molecule has 0 atom stereocenters. The van der Waals surface area contributed by atoms with Gasteiger partial charge in [-0.05, 0) is 62.6 Å². The first kappa shape index (κ1) is 22.0. The highest BCUT2D eigenvalue weighted by molar-refractivity contribution is 6.31. The van der Waals surface area contributed by atoms with Crippen LogP contribution in [0.15, 0.2) is 36.4 Å². The minimum atomic E-state index is -0.225. The van der Waals surface area contributed by atoms with Crippen molar-refractivity contribution < 1.29 is 19.1 Å². The van der Waals surface area contributed by atoms with E-state index in [-0.39, 0.29) is 11.8 Å². The van der Waals surface area contributed by atoms with Gasteiger partial charge in [-0.2, -0.15) is 0 Å². The molecule has 1 N–H and O–H groups in total. The van der Waals surface area contributed by atoms with Gasteiger partial charge in [0.05, 0.1) is 24.5 Å². The van der Waals surface area contributed by atoms with Gasteiger partial charge in [-0.25, -0.2) is 0 Å². The number of amides is 2. The standard InChI is InChI=1S/C23H27ClN2O4/c1-3-29-20-10-7-16(14-21(20)30-4-2)11-12-25-23(28)18-9-8-17(24)15-19(18)26-13-5-6-22(26)27/h7-10,14-15H,3-6,11-13H2,1-2H3,(H,25,28). The van der Waals surface area contributed by atoms with Gasteiger partial charge in [0.25, 0.3) is 5.91 Å². The molecule has 0 aromatic heterocycles. The zero-order valence-electron chi connectivity index (χ0n) is 17.4. The van der Waals surface area contributed by atoms with Crippen molar-refractivity contribution in [1.29, 1.82) is 0 Å². The van der Waals surface area contributed by atoms with Gasteiger partial charge in [0.2, 0.25) is 5.91 Å². The fourth-order valence-corrected chi connectivity index (χ4v) is 3.66. The van der Waals surface area contributed by atoms with Gasteiger partial charge in [-0.15, -0.1) is 0 Å². The van der Waals surface area contributed by atoms with Crippen molar-refractivity contribution in [3.8, 4) is 11.5 Å². The number of nitrogens with one attached hydrogen (secondary N) is 1. The molecule has 30 heavy (non-hydrogen) atoms. The van der Waals surface area contributed by atoms with Gasteiger partial charge in [0.15, 0.2) is 11.5 Å². The van der Waals surface area contributed by atoms with Crippen LogP contribution < -0.4 is 19.7 Å². The summed E-state index contributed by atoms with van der Waals surface area (Å²) in [6.07, 6.45) is 1.92. The number of anilines is 1. The molecular weight excluding hydrogens is 404 g/mol. The number of ether oxygens (including phenoxy) is 2. The van der Waals surface area contributed by atoms with Crippen molar-refractivity contribution in [2.45, 2.75) is 33.1 Å². The third-order valence-corrected chi connectivity index (χ3v) is 5.11. The lowest BCUT2D eigenvalue weighted by Crippen LogP contribution is -2.30. The number of hydrogen-bond donors (Lipinski definition) is 1. The van der Waals surface area contributed by atoms with E-state index in [1.165, 1.54) is 0 Å². The molecule has 2 amide bonds. The summed E-state index contributed by atoms with van der Waals surface area (Å²) in [5.74, 6) is 1.21. The van der Waals surface area contributed by atoms with Gasteiger partial charge in [-0.3, -0.25) is 9.59 Å². The molecule has 0 aliphatic carbocycles. The molecule has 1 saturated heterocycles. The quantitative estimate of drug-likeness (QED) is 0.646. The van der Waals surface area contributed by atoms with E-state index in [1.807, 2.05) is 32.0 Å². The largest absolute Gasteiger partial charge is 0.490 e. The van der Waals surface area contributed by atoms with Crippen molar-refractivity contribution in [1.82, 2.24) is 5.32 Å². The van der Waals surface area contributed by atoms with Gasteiger partial charge < -0.3 is 19.7 Å². The number of halogens is 1. The Bertz CT molecular complexity index is 916. The van der Waals surface area contributed by atoms with Crippen LogP contribution in [0.2, 0.25) is 5.02 Å². The summed E-state index contributed by atoms with van der Waals surface area (Å²) >= 11 is 6.12. The predicted molar refractivity (Wildman–Crippen MR) is 118 cm³/mol. The first-order chi connectivity index (χ1) is 14.5. The molecule has 1 fully saturated rings. The van der Waals surface area contributed by atoms with E-state index >= 15 is 0 Å². The van der Waals surface area contributed by atoms with E-state index in [0.29, 0.717) is 66.9 Å². The molecule has 2 aromatic carbocycles. The number of benzene rings is 2. The van der Waals surface area contributed by atoms with E-state index in [1.54, 1.807) is 23.1 Å². The molecule has 1 aliphatic rings. The molecule has 1 heterocycles. The minimum Gasteiger partial charge on any atom is -0.490 e. The van der Waals surface area contributed by atoms with Crippen LogP contribution in [0.25, 0.3) is 0 Å². The highest BCUT2D eigenvalue weighted by atomic mass is 35.5.